The van der Waals surface area contributed by atoms with Gasteiger partial charge in [0, 0.05) is 24.3 Å². The zero-order chi connectivity index (χ0) is 13.9. The molecule has 6 nitrogen and oxygen atoms in total. The van der Waals surface area contributed by atoms with Gasteiger partial charge < -0.3 is 19.9 Å². The highest BCUT2D eigenvalue weighted by molar-refractivity contribution is 5.75. The molecule has 0 unspecified atom stereocenters. The molecule has 0 atom stereocenters. The molecule has 1 aliphatic rings. The van der Waals surface area contributed by atoms with Crippen LogP contribution in [-0.4, -0.2) is 36.4 Å². The van der Waals surface area contributed by atoms with Crippen LogP contribution in [0.2, 0.25) is 0 Å². The maximum absolute atomic E-state index is 5.53. The van der Waals surface area contributed by atoms with Crippen LogP contribution in [0.3, 0.4) is 0 Å². The molecular formula is C14H18N4O2. The van der Waals surface area contributed by atoms with Gasteiger partial charge in [-0.2, -0.15) is 4.98 Å². The summed E-state index contributed by atoms with van der Waals surface area (Å²) < 4.78 is 10.5. The minimum Gasteiger partial charge on any atom is -0.378 e. The van der Waals surface area contributed by atoms with Crippen LogP contribution in [0.4, 0.5) is 5.69 Å². The number of ether oxygens (including phenoxy) is 1. The number of nitrogens with two attached hydrogens (primary N) is 1. The van der Waals surface area contributed by atoms with Crippen molar-refractivity contribution in [3.05, 3.63) is 29.7 Å². The summed E-state index contributed by atoms with van der Waals surface area (Å²) in [7, 11) is 0. The summed E-state index contributed by atoms with van der Waals surface area (Å²) in [6, 6.07) is 6.28. The van der Waals surface area contributed by atoms with E-state index < -0.39 is 0 Å². The molecule has 0 spiro atoms. The van der Waals surface area contributed by atoms with Crippen LogP contribution in [-0.2, 0) is 11.3 Å². The monoisotopic (exact) mass is 274 g/mol. The van der Waals surface area contributed by atoms with Crippen molar-refractivity contribution in [2.75, 3.05) is 31.2 Å². The summed E-state index contributed by atoms with van der Waals surface area (Å²) in [5.74, 6) is 1.05. The molecule has 1 saturated heterocycles. The van der Waals surface area contributed by atoms with E-state index in [2.05, 4.69) is 40.2 Å². The van der Waals surface area contributed by atoms with E-state index in [4.69, 9.17) is 15.0 Å². The molecule has 6 heteroatoms. The first-order valence-corrected chi connectivity index (χ1v) is 6.74. The fourth-order valence-corrected chi connectivity index (χ4v) is 2.36. The van der Waals surface area contributed by atoms with Gasteiger partial charge in [-0.25, -0.2) is 0 Å². The topological polar surface area (TPSA) is 77.4 Å². The minimum atomic E-state index is 0.256. The lowest BCUT2D eigenvalue weighted by molar-refractivity contribution is 0.123. The molecule has 0 aliphatic carbocycles. The van der Waals surface area contributed by atoms with Gasteiger partial charge in [-0.05, 0) is 19.1 Å². The van der Waals surface area contributed by atoms with Crippen LogP contribution in [0, 0.1) is 6.92 Å². The standard InChI is InChI=1S/C14H18N4O2/c1-10-2-3-12(18-4-6-19-7-5-18)11(8-10)14-16-13(9-15)20-17-14/h2-3,8H,4-7,9,15H2,1H3. The lowest BCUT2D eigenvalue weighted by atomic mass is 10.1. The fourth-order valence-electron chi connectivity index (χ4n) is 2.36. The quantitative estimate of drug-likeness (QED) is 0.910. The Morgan fingerprint density at radius 1 is 1.30 bits per heavy atom. The van der Waals surface area contributed by atoms with Gasteiger partial charge in [-0.15, -0.1) is 0 Å². The van der Waals surface area contributed by atoms with Gasteiger partial charge in [0.05, 0.1) is 19.8 Å². The molecular weight excluding hydrogens is 256 g/mol. The number of benzene rings is 1. The molecule has 0 radical (unpaired) electrons. The maximum atomic E-state index is 5.53. The minimum absolute atomic E-state index is 0.256. The Hall–Kier alpha value is -1.92. The zero-order valence-corrected chi connectivity index (χ0v) is 11.5. The van der Waals surface area contributed by atoms with E-state index in [0.717, 1.165) is 43.1 Å². The SMILES string of the molecule is Cc1ccc(N2CCOCC2)c(-c2noc(CN)n2)c1. The van der Waals surface area contributed by atoms with Crippen LogP contribution < -0.4 is 10.6 Å². The number of hydrogen-bond donors (Lipinski definition) is 1. The van der Waals surface area contributed by atoms with Crippen molar-refractivity contribution in [1.82, 2.24) is 10.1 Å². The highest BCUT2D eigenvalue weighted by Crippen LogP contribution is 2.30. The average Bonchev–Trinajstić information content (AvgIpc) is 2.97. The third-order valence-corrected chi connectivity index (χ3v) is 3.39. The number of nitrogens with zero attached hydrogens (tertiary/aromatic N) is 3. The Morgan fingerprint density at radius 3 is 2.80 bits per heavy atom. The molecule has 2 heterocycles. The van der Waals surface area contributed by atoms with E-state index in [0.29, 0.717) is 11.7 Å². The smallest absolute Gasteiger partial charge is 0.240 e. The lowest BCUT2D eigenvalue weighted by Crippen LogP contribution is -2.36. The number of aromatic nitrogens is 2. The van der Waals surface area contributed by atoms with Crippen molar-refractivity contribution < 1.29 is 9.26 Å². The maximum Gasteiger partial charge on any atom is 0.240 e. The molecule has 1 fully saturated rings. The zero-order valence-electron chi connectivity index (χ0n) is 11.5. The van der Waals surface area contributed by atoms with Gasteiger partial charge in [0.25, 0.3) is 0 Å². The molecule has 106 valence electrons. The van der Waals surface area contributed by atoms with Crippen LogP contribution in [0.1, 0.15) is 11.5 Å². The third-order valence-electron chi connectivity index (χ3n) is 3.39. The average molecular weight is 274 g/mol. The van der Waals surface area contributed by atoms with Gasteiger partial charge in [0.15, 0.2) is 0 Å². The Balaban J connectivity index is 2.01. The Morgan fingerprint density at radius 2 is 2.10 bits per heavy atom. The highest BCUT2D eigenvalue weighted by Gasteiger charge is 2.18. The van der Waals surface area contributed by atoms with E-state index in [-0.39, 0.29) is 6.54 Å². The van der Waals surface area contributed by atoms with Crippen molar-refractivity contribution in [3.8, 4) is 11.4 Å². The molecule has 0 bridgehead atoms. The molecule has 2 N–H and O–H groups in total. The summed E-state index contributed by atoms with van der Waals surface area (Å²) in [6.45, 7) is 5.54. The number of rotatable bonds is 3. The van der Waals surface area contributed by atoms with E-state index in [1.54, 1.807) is 0 Å². The molecule has 0 amide bonds. The molecule has 1 aromatic heterocycles. The first-order chi connectivity index (χ1) is 9.78. The van der Waals surface area contributed by atoms with Gasteiger partial charge in [-0.1, -0.05) is 16.8 Å². The summed E-state index contributed by atoms with van der Waals surface area (Å²) in [4.78, 5) is 6.62. The second-order valence-corrected chi connectivity index (χ2v) is 4.84. The molecule has 1 aromatic carbocycles. The molecule has 1 aliphatic heterocycles. The first-order valence-electron chi connectivity index (χ1n) is 6.74. The van der Waals surface area contributed by atoms with Crippen molar-refractivity contribution in [3.63, 3.8) is 0 Å². The number of aryl methyl sites for hydroxylation is 1. The van der Waals surface area contributed by atoms with E-state index >= 15 is 0 Å². The Kier molecular flexibility index (Phi) is 3.66. The van der Waals surface area contributed by atoms with Gasteiger partial charge in [0.1, 0.15) is 0 Å². The second kappa shape index (κ2) is 5.60. The molecule has 3 rings (SSSR count). The summed E-state index contributed by atoms with van der Waals surface area (Å²) in [5.41, 5.74) is 8.79. The third kappa shape index (κ3) is 2.52. The molecule has 0 saturated carbocycles. The van der Waals surface area contributed by atoms with E-state index in [1.165, 1.54) is 0 Å². The molecule has 2 aromatic rings. The summed E-state index contributed by atoms with van der Waals surface area (Å²) >= 11 is 0. The van der Waals surface area contributed by atoms with E-state index in [1.807, 2.05) is 0 Å². The highest BCUT2D eigenvalue weighted by atomic mass is 16.5. The second-order valence-electron chi connectivity index (χ2n) is 4.84. The van der Waals surface area contributed by atoms with Crippen LogP contribution in [0.25, 0.3) is 11.4 Å². The Labute approximate surface area is 117 Å². The van der Waals surface area contributed by atoms with Crippen LogP contribution in [0.5, 0.6) is 0 Å². The summed E-state index contributed by atoms with van der Waals surface area (Å²) in [6.07, 6.45) is 0. The number of morpholine rings is 1. The fraction of sp³-hybridized carbons (Fsp3) is 0.429. The van der Waals surface area contributed by atoms with E-state index in [9.17, 15) is 0 Å². The summed E-state index contributed by atoms with van der Waals surface area (Å²) in [5, 5.41) is 4.03. The van der Waals surface area contributed by atoms with Crippen molar-refractivity contribution in [2.45, 2.75) is 13.5 Å². The molecule has 20 heavy (non-hydrogen) atoms. The van der Waals surface area contributed by atoms with Crippen LogP contribution >= 0.6 is 0 Å². The Bertz CT molecular complexity index is 591. The number of anilines is 1. The van der Waals surface area contributed by atoms with Crippen molar-refractivity contribution in [2.24, 2.45) is 5.73 Å². The van der Waals surface area contributed by atoms with Gasteiger partial charge in [0.2, 0.25) is 11.7 Å². The predicted octanol–water partition coefficient (Wildman–Crippen LogP) is 1.34. The number of hydrogen-bond acceptors (Lipinski definition) is 6. The van der Waals surface area contributed by atoms with Gasteiger partial charge in [-0.3, -0.25) is 0 Å². The lowest BCUT2D eigenvalue weighted by Gasteiger charge is -2.30. The van der Waals surface area contributed by atoms with Crippen molar-refractivity contribution in [1.29, 1.82) is 0 Å². The normalized spacial score (nSPS) is 15.6. The van der Waals surface area contributed by atoms with Crippen LogP contribution in [0.15, 0.2) is 22.7 Å². The van der Waals surface area contributed by atoms with Gasteiger partial charge >= 0.3 is 0 Å². The van der Waals surface area contributed by atoms with Crippen molar-refractivity contribution >= 4 is 5.69 Å². The first kappa shape index (κ1) is 13.1. The predicted molar refractivity (Wildman–Crippen MR) is 75.4 cm³/mol. The largest absolute Gasteiger partial charge is 0.378 e.